The first-order valence-electron chi connectivity index (χ1n) is 12.3. The number of benzene rings is 1. The monoisotopic (exact) mass is 549 g/mol. The highest BCUT2D eigenvalue weighted by Gasteiger charge is 2.48. The molecule has 1 aliphatic carbocycles. The predicted molar refractivity (Wildman–Crippen MR) is 135 cm³/mol. The quantitative estimate of drug-likeness (QED) is 0.436. The van der Waals surface area contributed by atoms with Gasteiger partial charge in [0.25, 0.3) is 6.01 Å². The minimum absolute atomic E-state index is 0.117. The summed E-state index contributed by atoms with van der Waals surface area (Å²) in [6.07, 6.45) is 0.116. The third kappa shape index (κ3) is 4.73. The molecule has 2 aromatic heterocycles. The number of hydrogen-bond donors (Lipinski definition) is 3. The molecule has 37 heavy (non-hydrogen) atoms. The van der Waals surface area contributed by atoms with E-state index in [-0.39, 0.29) is 31.1 Å². The molecule has 0 amide bonds. The first kappa shape index (κ1) is 25.0. The number of hydrogen-bond acceptors (Lipinski definition) is 9. The SMILES string of the molecule is CS(=O)(=O)C1CCC(c2ccc(-c3nc4nc(O[C@@H]5CO[C@H]6[C@@H]5OC[C@H]6O)[nH]c4cc3Cl)cc2)C(O)C1. The van der Waals surface area contributed by atoms with Crippen molar-refractivity contribution in [3.8, 4) is 17.3 Å². The molecule has 3 aromatic rings. The smallest absolute Gasteiger partial charge is 0.296 e. The fourth-order valence-electron chi connectivity index (χ4n) is 5.62. The van der Waals surface area contributed by atoms with Crippen molar-refractivity contribution in [2.45, 2.75) is 61.0 Å². The van der Waals surface area contributed by atoms with Crippen LogP contribution in [0.2, 0.25) is 5.02 Å². The lowest BCUT2D eigenvalue weighted by Gasteiger charge is -2.32. The molecule has 3 fully saturated rings. The van der Waals surface area contributed by atoms with Gasteiger partial charge in [-0.1, -0.05) is 35.9 Å². The Bertz CT molecular complexity index is 1410. The highest BCUT2D eigenvalue weighted by atomic mass is 35.5. The normalized spacial score (nSPS) is 32.1. The average Bonchev–Trinajstić information content (AvgIpc) is 3.55. The van der Waals surface area contributed by atoms with Crippen molar-refractivity contribution in [3.63, 3.8) is 0 Å². The maximum absolute atomic E-state index is 11.9. The number of H-pyrrole nitrogens is 1. The van der Waals surface area contributed by atoms with Gasteiger partial charge in [-0.3, -0.25) is 0 Å². The number of nitrogens with zero attached hydrogens (tertiary/aromatic N) is 2. The number of halogens is 1. The topological polar surface area (TPSA) is 144 Å². The molecule has 0 spiro atoms. The lowest BCUT2D eigenvalue weighted by atomic mass is 9.81. The Balaban J connectivity index is 1.19. The Morgan fingerprint density at radius 3 is 2.54 bits per heavy atom. The van der Waals surface area contributed by atoms with Crippen LogP contribution in [-0.2, 0) is 19.3 Å². The summed E-state index contributed by atoms with van der Waals surface area (Å²) >= 11 is 6.56. The molecule has 3 N–H and O–H groups in total. The number of fused-ring (bicyclic) bond motifs is 2. The summed E-state index contributed by atoms with van der Waals surface area (Å²) in [7, 11) is -3.16. The highest BCUT2D eigenvalue weighted by Crippen LogP contribution is 2.37. The fraction of sp³-hybridized carbons (Fsp3) is 0.520. The number of sulfone groups is 1. The Kier molecular flexibility index (Phi) is 6.41. The van der Waals surface area contributed by atoms with Gasteiger partial charge in [0, 0.05) is 17.7 Å². The molecular formula is C25H28ClN3O7S. The molecule has 0 radical (unpaired) electrons. The van der Waals surface area contributed by atoms with Gasteiger partial charge in [0.2, 0.25) is 0 Å². The van der Waals surface area contributed by atoms with Gasteiger partial charge in [-0.05, 0) is 30.9 Å². The van der Waals surface area contributed by atoms with Gasteiger partial charge >= 0.3 is 0 Å². The number of rotatable bonds is 5. The largest absolute Gasteiger partial charge is 0.456 e. The van der Waals surface area contributed by atoms with Crippen LogP contribution in [0.5, 0.6) is 6.01 Å². The van der Waals surface area contributed by atoms with Gasteiger partial charge in [0.15, 0.2) is 11.8 Å². The molecule has 4 heterocycles. The fourth-order valence-corrected chi connectivity index (χ4v) is 6.99. The maximum atomic E-state index is 11.9. The van der Waals surface area contributed by atoms with E-state index in [0.29, 0.717) is 41.3 Å². The number of aromatic amines is 1. The second kappa shape index (κ2) is 9.48. The van der Waals surface area contributed by atoms with E-state index < -0.39 is 39.5 Å². The van der Waals surface area contributed by atoms with Crippen LogP contribution in [0.4, 0.5) is 0 Å². The zero-order valence-electron chi connectivity index (χ0n) is 20.1. The second-order valence-electron chi connectivity index (χ2n) is 10.1. The molecule has 0 bridgehead atoms. The van der Waals surface area contributed by atoms with E-state index in [4.69, 9.17) is 25.8 Å². The van der Waals surface area contributed by atoms with Gasteiger partial charge in [-0.2, -0.15) is 4.98 Å². The van der Waals surface area contributed by atoms with Crippen LogP contribution in [0.1, 0.15) is 30.7 Å². The Labute approximate surface area is 218 Å². The van der Waals surface area contributed by atoms with E-state index in [1.807, 2.05) is 24.3 Å². The van der Waals surface area contributed by atoms with Crippen LogP contribution in [0.3, 0.4) is 0 Å². The summed E-state index contributed by atoms with van der Waals surface area (Å²) in [6.45, 7) is 0.509. The zero-order valence-corrected chi connectivity index (χ0v) is 21.7. The standard InChI is InChI=1S/C25H28ClN3O7S/c1-37(32,33)14-6-7-15(18(30)8-14)12-2-4-13(5-3-12)21-16(26)9-17-24(28-21)29-25(27-17)36-20-11-35-22-19(31)10-34-23(20)22/h2-5,9,14-15,18-20,22-23,30-31H,6-8,10-11H2,1H3,(H,27,28,29)/t14?,15?,18?,19-,20-,22-,23-/m1/s1. The molecule has 7 atom stereocenters. The van der Waals surface area contributed by atoms with Crippen molar-refractivity contribution >= 4 is 32.6 Å². The van der Waals surface area contributed by atoms with Gasteiger partial charge in [-0.25, -0.2) is 13.4 Å². The summed E-state index contributed by atoms with van der Waals surface area (Å²) in [6, 6.07) is 9.66. The Morgan fingerprint density at radius 2 is 1.81 bits per heavy atom. The molecule has 6 rings (SSSR count). The highest BCUT2D eigenvalue weighted by molar-refractivity contribution is 7.91. The van der Waals surface area contributed by atoms with Crippen molar-refractivity contribution in [1.82, 2.24) is 15.0 Å². The van der Waals surface area contributed by atoms with Gasteiger partial charge in [-0.15, -0.1) is 0 Å². The van der Waals surface area contributed by atoms with E-state index in [2.05, 4.69) is 15.0 Å². The lowest BCUT2D eigenvalue weighted by molar-refractivity contribution is 0.00706. The molecule has 3 unspecified atom stereocenters. The van der Waals surface area contributed by atoms with E-state index in [9.17, 15) is 18.6 Å². The number of imidazole rings is 1. The van der Waals surface area contributed by atoms with Crippen molar-refractivity contribution in [3.05, 3.63) is 40.9 Å². The predicted octanol–water partition coefficient (Wildman–Crippen LogP) is 2.23. The molecule has 2 saturated heterocycles. The van der Waals surface area contributed by atoms with Crippen molar-refractivity contribution in [2.24, 2.45) is 0 Å². The van der Waals surface area contributed by atoms with Gasteiger partial charge in [0.1, 0.15) is 28.1 Å². The molecule has 2 aliphatic heterocycles. The summed E-state index contributed by atoms with van der Waals surface area (Å²) < 4.78 is 40.9. The molecule has 12 heteroatoms. The average molecular weight is 550 g/mol. The van der Waals surface area contributed by atoms with E-state index in [0.717, 1.165) is 11.1 Å². The van der Waals surface area contributed by atoms with E-state index >= 15 is 0 Å². The third-order valence-corrected chi connectivity index (χ3v) is 9.56. The molecule has 10 nitrogen and oxygen atoms in total. The summed E-state index contributed by atoms with van der Waals surface area (Å²) in [4.78, 5) is 12.2. The summed E-state index contributed by atoms with van der Waals surface area (Å²) in [5.74, 6) is -0.117. The zero-order chi connectivity index (χ0) is 25.9. The minimum atomic E-state index is -3.16. The van der Waals surface area contributed by atoms with Gasteiger partial charge < -0.3 is 29.4 Å². The van der Waals surface area contributed by atoms with Crippen molar-refractivity contribution in [2.75, 3.05) is 19.5 Å². The number of nitrogens with one attached hydrogen (secondary N) is 1. The van der Waals surface area contributed by atoms with E-state index in [1.165, 1.54) is 6.26 Å². The third-order valence-electron chi connectivity index (χ3n) is 7.64. The number of aromatic nitrogens is 3. The van der Waals surface area contributed by atoms with Crippen LogP contribution < -0.4 is 4.74 Å². The van der Waals surface area contributed by atoms with E-state index in [1.54, 1.807) is 6.07 Å². The number of aliphatic hydroxyl groups is 2. The van der Waals surface area contributed by atoms with Crippen LogP contribution >= 0.6 is 11.6 Å². The van der Waals surface area contributed by atoms with Crippen molar-refractivity contribution in [1.29, 1.82) is 0 Å². The summed E-state index contributed by atoms with van der Waals surface area (Å²) in [5.41, 5.74) is 3.37. The minimum Gasteiger partial charge on any atom is -0.456 e. The molecule has 3 aliphatic rings. The molecule has 1 aromatic carbocycles. The second-order valence-corrected chi connectivity index (χ2v) is 12.8. The number of aliphatic hydroxyl groups excluding tert-OH is 2. The first-order valence-corrected chi connectivity index (χ1v) is 14.6. The van der Waals surface area contributed by atoms with Crippen molar-refractivity contribution < 1.29 is 32.8 Å². The first-order chi connectivity index (χ1) is 17.7. The molecule has 1 saturated carbocycles. The number of ether oxygens (including phenoxy) is 3. The van der Waals surface area contributed by atoms with Crippen LogP contribution in [0.25, 0.3) is 22.4 Å². The summed E-state index contributed by atoms with van der Waals surface area (Å²) in [5, 5.41) is 20.5. The van der Waals surface area contributed by atoms with Gasteiger partial charge in [0.05, 0.1) is 40.8 Å². The maximum Gasteiger partial charge on any atom is 0.296 e. The lowest BCUT2D eigenvalue weighted by Crippen LogP contribution is -2.34. The van der Waals surface area contributed by atoms with Crippen LogP contribution in [0.15, 0.2) is 30.3 Å². The molecule has 198 valence electrons. The number of pyridine rings is 1. The van der Waals surface area contributed by atoms with Crippen LogP contribution in [-0.4, -0.2) is 88.8 Å². The Hall–Kier alpha value is -2.28. The van der Waals surface area contributed by atoms with Crippen LogP contribution in [0, 0.1) is 0 Å². The molecular weight excluding hydrogens is 522 g/mol. The Morgan fingerprint density at radius 1 is 1.05 bits per heavy atom.